The summed E-state index contributed by atoms with van der Waals surface area (Å²) >= 11 is 0. The molecule has 2 atom stereocenters. The number of carbonyl (C=O) groups is 1. The van der Waals surface area contributed by atoms with Crippen molar-refractivity contribution in [2.24, 2.45) is 4.99 Å². The van der Waals surface area contributed by atoms with E-state index in [-0.39, 0.29) is 18.1 Å². The monoisotopic (exact) mass is 365 g/mol. The highest BCUT2D eigenvalue weighted by Gasteiger charge is 2.25. The van der Waals surface area contributed by atoms with Crippen molar-refractivity contribution in [2.45, 2.75) is 44.2 Å². The summed E-state index contributed by atoms with van der Waals surface area (Å²) in [5, 5.41) is 6.20. The molecule has 1 aromatic heterocycles. The summed E-state index contributed by atoms with van der Waals surface area (Å²) in [6, 6.07) is 5.96. The van der Waals surface area contributed by atoms with E-state index in [9.17, 15) is 4.79 Å². The maximum Gasteiger partial charge on any atom is 0.276 e. The van der Waals surface area contributed by atoms with Gasteiger partial charge in [0.2, 0.25) is 5.96 Å². The van der Waals surface area contributed by atoms with Crippen LogP contribution in [0.5, 0.6) is 0 Å². The predicted molar refractivity (Wildman–Crippen MR) is 104 cm³/mol. The molecule has 0 unspecified atom stereocenters. The first-order valence-corrected chi connectivity index (χ1v) is 9.33. The normalized spacial score (nSPS) is 24.6. The summed E-state index contributed by atoms with van der Waals surface area (Å²) in [4.78, 5) is 25.3. The molecule has 140 valence electrons. The van der Waals surface area contributed by atoms with E-state index in [1.165, 1.54) is 6.42 Å². The number of nitrogens with one attached hydrogen (secondary N) is 2. The predicted octanol–water partition coefficient (Wildman–Crippen LogP) is 2.39. The number of aliphatic imine (C=N–C) groups is 1. The molecule has 1 aliphatic heterocycles. The van der Waals surface area contributed by atoms with Crippen molar-refractivity contribution < 1.29 is 9.53 Å². The summed E-state index contributed by atoms with van der Waals surface area (Å²) in [7, 11) is 1.76. The van der Waals surface area contributed by atoms with E-state index in [1.807, 2.05) is 18.2 Å². The fraction of sp³-hybridized carbons (Fsp3) is 0.400. The Morgan fingerprint density at radius 3 is 2.85 bits per heavy atom. The van der Waals surface area contributed by atoms with Crippen LogP contribution in [-0.4, -0.2) is 41.1 Å². The van der Waals surface area contributed by atoms with Crippen LogP contribution in [0, 0.1) is 0 Å². The van der Waals surface area contributed by atoms with Crippen LogP contribution in [-0.2, 0) is 9.53 Å². The van der Waals surface area contributed by atoms with Crippen LogP contribution in [0.15, 0.2) is 41.3 Å². The molecule has 1 saturated carbocycles. The van der Waals surface area contributed by atoms with Gasteiger partial charge in [0.1, 0.15) is 5.70 Å². The van der Waals surface area contributed by atoms with Crippen molar-refractivity contribution in [3.05, 3.63) is 41.9 Å². The van der Waals surface area contributed by atoms with Gasteiger partial charge in [0.15, 0.2) is 0 Å². The van der Waals surface area contributed by atoms with Gasteiger partial charge in [-0.15, -0.1) is 0 Å². The highest BCUT2D eigenvalue weighted by Crippen LogP contribution is 2.21. The number of hydrogen-bond acceptors (Lipinski definition) is 6. The third-order valence-electron chi connectivity index (χ3n) is 5.04. The van der Waals surface area contributed by atoms with Crippen molar-refractivity contribution in [1.29, 1.82) is 0 Å². The second-order valence-electron chi connectivity index (χ2n) is 6.97. The summed E-state index contributed by atoms with van der Waals surface area (Å²) in [5.74, 6) is 0.322. The molecule has 1 amide bonds. The van der Waals surface area contributed by atoms with Crippen LogP contribution < -0.4 is 10.6 Å². The van der Waals surface area contributed by atoms with Gasteiger partial charge in [-0.3, -0.25) is 20.1 Å². The molecule has 2 aromatic rings. The molecule has 2 aliphatic rings. The number of rotatable bonds is 3. The lowest BCUT2D eigenvalue weighted by atomic mass is 10.1. The number of amides is 1. The molecule has 4 rings (SSSR count). The Balaban J connectivity index is 1.50. The smallest absolute Gasteiger partial charge is 0.276 e. The van der Waals surface area contributed by atoms with E-state index in [2.05, 4.69) is 25.6 Å². The Morgan fingerprint density at radius 1 is 1.19 bits per heavy atom. The molecular weight excluding hydrogens is 342 g/mol. The summed E-state index contributed by atoms with van der Waals surface area (Å²) < 4.78 is 5.53. The lowest BCUT2D eigenvalue weighted by molar-refractivity contribution is -0.115. The van der Waals surface area contributed by atoms with E-state index in [0.717, 1.165) is 42.3 Å². The van der Waals surface area contributed by atoms with E-state index in [4.69, 9.17) is 4.74 Å². The first-order valence-electron chi connectivity index (χ1n) is 9.33. The topological polar surface area (TPSA) is 88.5 Å². The number of methoxy groups -OCH3 is 1. The zero-order valence-corrected chi connectivity index (χ0v) is 15.3. The van der Waals surface area contributed by atoms with E-state index < -0.39 is 0 Å². The van der Waals surface area contributed by atoms with Crippen molar-refractivity contribution in [1.82, 2.24) is 20.6 Å². The lowest BCUT2D eigenvalue weighted by Gasteiger charge is -2.20. The minimum Gasteiger partial charge on any atom is -0.381 e. The number of guanidine groups is 1. The van der Waals surface area contributed by atoms with Gasteiger partial charge in [0.05, 0.1) is 17.1 Å². The number of nitrogens with zero attached hydrogens (tertiary/aromatic N) is 3. The first-order chi connectivity index (χ1) is 13.2. The molecule has 1 aromatic carbocycles. The average molecular weight is 365 g/mol. The number of aromatic nitrogens is 2. The highest BCUT2D eigenvalue weighted by atomic mass is 16.5. The van der Waals surface area contributed by atoms with Crippen LogP contribution in [0.25, 0.3) is 17.1 Å². The van der Waals surface area contributed by atoms with Crippen LogP contribution in [0.4, 0.5) is 0 Å². The summed E-state index contributed by atoms with van der Waals surface area (Å²) in [6.45, 7) is 0. The molecule has 2 heterocycles. The average Bonchev–Trinajstić information content (AvgIpc) is 2.88. The maximum atomic E-state index is 12.3. The number of ether oxygens (including phenoxy) is 1. The number of carbonyl (C=O) groups excluding carboxylic acids is 1. The van der Waals surface area contributed by atoms with Gasteiger partial charge in [0, 0.05) is 25.5 Å². The number of benzene rings is 1. The van der Waals surface area contributed by atoms with Crippen LogP contribution in [0.3, 0.4) is 0 Å². The molecule has 0 saturated heterocycles. The molecule has 7 heteroatoms. The molecule has 7 nitrogen and oxygen atoms in total. The Bertz CT molecular complexity index is 908. The molecule has 1 fully saturated rings. The second-order valence-corrected chi connectivity index (χ2v) is 6.97. The fourth-order valence-electron chi connectivity index (χ4n) is 3.62. The van der Waals surface area contributed by atoms with E-state index in [0.29, 0.717) is 11.7 Å². The van der Waals surface area contributed by atoms with Gasteiger partial charge >= 0.3 is 0 Å². The lowest BCUT2D eigenvalue weighted by Crippen LogP contribution is -2.43. The van der Waals surface area contributed by atoms with Gasteiger partial charge in [-0.05, 0) is 43.0 Å². The van der Waals surface area contributed by atoms with Gasteiger partial charge in [-0.25, -0.2) is 4.99 Å². The molecular formula is C20H23N5O2. The van der Waals surface area contributed by atoms with Crippen LogP contribution in [0.1, 0.15) is 37.7 Å². The SMILES string of the molecule is CO[C@@H]1CCCC[C@H](NC2=N/C(=C\c3ccc4nccnc4c3)C(=O)N2)C1. The minimum absolute atomic E-state index is 0.200. The van der Waals surface area contributed by atoms with E-state index >= 15 is 0 Å². The standard InChI is InChI=1S/C20H23N5O2/c1-27-15-5-3-2-4-14(12-15)23-20-24-18(19(26)25-20)11-13-6-7-16-17(10-13)22-9-8-21-16/h6-11,14-15H,2-5,12H2,1H3,(H2,23,24,25,26)/b18-11-/t14-,15+/m0/s1. The molecule has 27 heavy (non-hydrogen) atoms. The van der Waals surface area contributed by atoms with Gasteiger partial charge in [-0.2, -0.15) is 0 Å². The van der Waals surface area contributed by atoms with Crippen LogP contribution >= 0.6 is 0 Å². The zero-order chi connectivity index (χ0) is 18.6. The minimum atomic E-state index is -0.200. The van der Waals surface area contributed by atoms with Gasteiger partial charge in [0.25, 0.3) is 5.91 Å². The van der Waals surface area contributed by atoms with E-state index in [1.54, 1.807) is 25.6 Å². The third-order valence-corrected chi connectivity index (χ3v) is 5.04. The van der Waals surface area contributed by atoms with Gasteiger partial charge < -0.3 is 10.1 Å². The molecule has 1 aliphatic carbocycles. The van der Waals surface area contributed by atoms with Crippen molar-refractivity contribution in [2.75, 3.05) is 7.11 Å². The Morgan fingerprint density at radius 2 is 2.00 bits per heavy atom. The summed E-state index contributed by atoms with van der Waals surface area (Å²) in [5.41, 5.74) is 2.86. The number of fused-ring (bicyclic) bond motifs is 1. The zero-order valence-electron chi connectivity index (χ0n) is 15.3. The van der Waals surface area contributed by atoms with Crippen molar-refractivity contribution in [3.8, 4) is 0 Å². The Labute approximate surface area is 158 Å². The third kappa shape index (κ3) is 4.14. The van der Waals surface area contributed by atoms with Crippen LogP contribution in [0.2, 0.25) is 0 Å². The first kappa shape index (κ1) is 17.6. The van der Waals surface area contributed by atoms with Gasteiger partial charge in [-0.1, -0.05) is 18.9 Å². The fourth-order valence-corrected chi connectivity index (χ4v) is 3.62. The largest absolute Gasteiger partial charge is 0.381 e. The Hall–Kier alpha value is -2.80. The molecule has 0 bridgehead atoms. The Kier molecular flexibility index (Phi) is 5.11. The van der Waals surface area contributed by atoms with Crippen molar-refractivity contribution >= 4 is 29.0 Å². The quantitative estimate of drug-likeness (QED) is 0.644. The highest BCUT2D eigenvalue weighted by molar-refractivity contribution is 6.13. The maximum absolute atomic E-state index is 12.3. The second kappa shape index (κ2) is 7.84. The molecule has 2 N–H and O–H groups in total. The molecule has 0 spiro atoms. The number of hydrogen-bond donors (Lipinski definition) is 2. The van der Waals surface area contributed by atoms with Crippen molar-refractivity contribution in [3.63, 3.8) is 0 Å². The summed E-state index contributed by atoms with van der Waals surface area (Å²) in [6.07, 6.45) is 10.7. The molecule has 0 radical (unpaired) electrons.